The van der Waals surface area contributed by atoms with E-state index in [1.165, 1.54) is 0 Å². The molecule has 1 fully saturated rings. The van der Waals surface area contributed by atoms with E-state index in [1.807, 2.05) is 6.92 Å². The number of nitrogens with two attached hydrogens (primary N) is 1. The number of esters is 1. The molecule has 0 aliphatic carbocycles. The van der Waals surface area contributed by atoms with Crippen LogP contribution in [0.2, 0.25) is 0 Å². The Morgan fingerprint density at radius 1 is 1.60 bits per heavy atom. The van der Waals surface area contributed by atoms with Gasteiger partial charge < -0.3 is 9.47 Å². The van der Waals surface area contributed by atoms with E-state index in [9.17, 15) is 13.2 Å². The van der Waals surface area contributed by atoms with Crippen LogP contribution in [0.1, 0.15) is 35.9 Å². The smallest absolute Gasteiger partial charge is 0.360 e. The first-order valence-corrected chi connectivity index (χ1v) is 7.87. The average molecular weight is 303 g/mol. The zero-order valence-corrected chi connectivity index (χ0v) is 11.9. The fourth-order valence-corrected chi connectivity index (χ4v) is 2.93. The summed E-state index contributed by atoms with van der Waals surface area (Å²) in [6.45, 7) is 2.70. The van der Waals surface area contributed by atoms with Crippen molar-refractivity contribution in [3.63, 3.8) is 0 Å². The minimum absolute atomic E-state index is 0.275. The largest absolute Gasteiger partial charge is 0.455 e. The van der Waals surface area contributed by atoms with Crippen LogP contribution in [0, 0.1) is 0 Å². The van der Waals surface area contributed by atoms with Gasteiger partial charge in [0, 0.05) is 6.42 Å². The second kappa shape index (κ2) is 5.90. The molecule has 2 rings (SSSR count). The molecule has 1 aliphatic rings. The second-order valence-corrected chi connectivity index (χ2v) is 6.06. The molecule has 0 saturated carbocycles. The van der Waals surface area contributed by atoms with Crippen molar-refractivity contribution in [3.8, 4) is 0 Å². The van der Waals surface area contributed by atoms with Crippen molar-refractivity contribution >= 4 is 16.0 Å². The third kappa shape index (κ3) is 3.17. The van der Waals surface area contributed by atoms with E-state index in [1.54, 1.807) is 0 Å². The third-order valence-corrected chi connectivity index (χ3v) is 3.94. The third-order valence-electron chi connectivity index (χ3n) is 2.93. The number of rotatable bonds is 5. The normalized spacial score (nSPS) is 19.2. The number of primary sulfonamides is 1. The van der Waals surface area contributed by atoms with Crippen molar-refractivity contribution in [3.05, 3.63) is 11.4 Å². The zero-order valence-electron chi connectivity index (χ0n) is 11.1. The van der Waals surface area contributed by atoms with Gasteiger partial charge in [0.1, 0.15) is 11.0 Å². The molecule has 1 unspecified atom stereocenters. The first-order chi connectivity index (χ1) is 9.43. The van der Waals surface area contributed by atoms with Crippen LogP contribution in [0.4, 0.5) is 0 Å². The number of H-pyrrole nitrogens is 1. The summed E-state index contributed by atoms with van der Waals surface area (Å²) in [6, 6.07) is 0. The average Bonchev–Trinajstić information content (AvgIpc) is 2.97. The standard InChI is InChI=1S/C11H17N3O5S/c1-2-3-8-10(20(12,16)17)9(14-13-8)11(15)19-7-4-5-18-6-7/h7H,2-6H2,1H3,(H,13,14)(H2,12,16,17). The molecule has 1 saturated heterocycles. The van der Waals surface area contributed by atoms with Gasteiger partial charge in [-0.2, -0.15) is 5.10 Å². The molecule has 1 aromatic heterocycles. The molecule has 0 bridgehead atoms. The minimum atomic E-state index is -4.05. The van der Waals surface area contributed by atoms with Gasteiger partial charge in [-0.1, -0.05) is 13.3 Å². The molecule has 0 radical (unpaired) electrons. The van der Waals surface area contributed by atoms with Gasteiger partial charge in [0.2, 0.25) is 10.0 Å². The SMILES string of the molecule is CCCc1[nH]nc(C(=O)OC2CCOC2)c1S(N)(=O)=O. The highest BCUT2D eigenvalue weighted by molar-refractivity contribution is 7.89. The van der Waals surface area contributed by atoms with Gasteiger partial charge in [-0.05, 0) is 6.42 Å². The summed E-state index contributed by atoms with van der Waals surface area (Å²) < 4.78 is 33.5. The predicted molar refractivity (Wildman–Crippen MR) is 68.6 cm³/mol. The lowest BCUT2D eigenvalue weighted by atomic mass is 10.2. The van der Waals surface area contributed by atoms with Gasteiger partial charge in [-0.15, -0.1) is 0 Å². The molecular weight excluding hydrogens is 286 g/mol. The van der Waals surface area contributed by atoms with Crippen LogP contribution in [0.25, 0.3) is 0 Å². The van der Waals surface area contributed by atoms with Crippen molar-refractivity contribution < 1.29 is 22.7 Å². The molecule has 0 spiro atoms. The van der Waals surface area contributed by atoms with E-state index in [0.29, 0.717) is 38.2 Å². The fourth-order valence-electron chi connectivity index (χ4n) is 2.05. The Hall–Kier alpha value is -1.45. The van der Waals surface area contributed by atoms with E-state index in [0.717, 1.165) is 0 Å². The van der Waals surface area contributed by atoms with Gasteiger partial charge in [0.25, 0.3) is 0 Å². The monoisotopic (exact) mass is 303 g/mol. The molecule has 1 aliphatic heterocycles. The molecule has 112 valence electrons. The number of aromatic nitrogens is 2. The molecule has 2 heterocycles. The lowest BCUT2D eigenvalue weighted by Crippen LogP contribution is -2.22. The van der Waals surface area contributed by atoms with Gasteiger partial charge in [0.15, 0.2) is 5.69 Å². The summed E-state index contributed by atoms with van der Waals surface area (Å²) in [5, 5.41) is 11.4. The number of carbonyl (C=O) groups excluding carboxylic acids is 1. The summed E-state index contributed by atoms with van der Waals surface area (Å²) in [7, 11) is -4.05. The van der Waals surface area contributed by atoms with Crippen LogP contribution in [-0.2, 0) is 25.9 Å². The number of nitrogens with zero attached hydrogens (tertiary/aromatic N) is 1. The van der Waals surface area contributed by atoms with Crippen molar-refractivity contribution in [1.82, 2.24) is 10.2 Å². The Bertz CT molecular complexity index is 589. The zero-order chi connectivity index (χ0) is 14.8. The van der Waals surface area contributed by atoms with Crippen LogP contribution in [0.3, 0.4) is 0 Å². The van der Waals surface area contributed by atoms with Crippen molar-refractivity contribution in [1.29, 1.82) is 0 Å². The fraction of sp³-hybridized carbons (Fsp3) is 0.636. The molecule has 8 nitrogen and oxygen atoms in total. The molecule has 3 N–H and O–H groups in total. The summed E-state index contributed by atoms with van der Waals surface area (Å²) >= 11 is 0. The maximum atomic E-state index is 12.0. The van der Waals surface area contributed by atoms with E-state index >= 15 is 0 Å². The van der Waals surface area contributed by atoms with Crippen LogP contribution < -0.4 is 5.14 Å². The van der Waals surface area contributed by atoms with Crippen LogP contribution in [-0.4, -0.2) is 43.9 Å². The highest BCUT2D eigenvalue weighted by atomic mass is 32.2. The lowest BCUT2D eigenvalue weighted by molar-refractivity contribution is 0.0259. The number of sulfonamides is 1. The van der Waals surface area contributed by atoms with Crippen molar-refractivity contribution in [2.24, 2.45) is 5.14 Å². The number of ether oxygens (including phenoxy) is 2. The van der Waals surface area contributed by atoms with Crippen LogP contribution in [0.15, 0.2) is 4.90 Å². The molecular formula is C11H17N3O5S. The predicted octanol–water partition coefficient (Wildman–Crippen LogP) is -0.0447. The number of aromatic amines is 1. The van der Waals surface area contributed by atoms with E-state index in [4.69, 9.17) is 14.6 Å². The first kappa shape index (κ1) is 14.9. The number of nitrogens with one attached hydrogen (secondary N) is 1. The Kier molecular flexibility index (Phi) is 4.41. The van der Waals surface area contributed by atoms with Gasteiger partial charge in [-0.3, -0.25) is 5.10 Å². The molecule has 0 aromatic carbocycles. The van der Waals surface area contributed by atoms with Gasteiger partial charge in [-0.25, -0.2) is 18.4 Å². The van der Waals surface area contributed by atoms with E-state index in [2.05, 4.69) is 10.2 Å². The molecule has 1 atom stereocenters. The second-order valence-electron chi connectivity index (χ2n) is 4.57. The molecule has 9 heteroatoms. The minimum Gasteiger partial charge on any atom is -0.455 e. The first-order valence-electron chi connectivity index (χ1n) is 6.32. The maximum Gasteiger partial charge on any atom is 0.360 e. The summed E-state index contributed by atoms with van der Waals surface area (Å²) in [5.41, 5.74) is 0.0347. The van der Waals surface area contributed by atoms with Crippen molar-refractivity contribution in [2.45, 2.75) is 37.2 Å². The van der Waals surface area contributed by atoms with Gasteiger partial charge >= 0.3 is 5.97 Å². The van der Waals surface area contributed by atoms with E-state index in [-0.39, 0.29) is 16.7 Å². The highest BCUT2D eigenvalue weighted by Gasteiger charge is 2.30. The van der Waals surface area contributed by atoms with Crippen LogP contribution >= 0.6 is 0 Å². The topological polar surface area (TPSA) is 124 Å². The summed E-state index contributed by atoms with van der Waals surface area (Å²) in [5.74, 6) is -0.803. The number of hydrogen-bond acceptors (Lipinski definition) is 6. The number of hydrogen-bond donors (Lipinski definition) is 2. The summed E-state index contributed by atoms with van der Waals surface area (Å²) in [4.78, 5) is 11.7. The lowest BCUT2D eigenvalue weighted by Gasteiger charge is -2.09. The maximum absolute atomic E-state index is 12.0. The Morgan fingerprint density at radius 3 is 2.90 bits per heavy atom. The van der Waals surface area contributed by atoms with E-state index < -0.39 is 16.0 Å². The Balaban J connectivity index is 2.28. The van der Waals surface area contributed by atoms with Crippen LogP contribution in [0.5, 0.6) is 0 Å². The summed E-state index contributed by atoms with van der Waals surface area (Å²) in [6.07, 6.45) is 1.33. The number of aryl methyl sites for hydroxylation is 1. The van der Waals surface area contributed by atoms with Crippen molar-refractivity contribution in [2.75, 3.05) is 13.2 Å². The highest BCUT2D eigenvalue weighted by Crippen LogP contribution is 2.20. The molecule has 1 aromatic rings. The Morgan fingerprint density at radius 2 is 2.35 bits per heavy atom. The quantitative estimate of drug-likeness (QED) is 0.735. The molecule has 0 amide bonds. The van der Waals surface area contributed by atoms with Gasteiger partial charge in [0.05, 0.1) is 18.9 Å². The Labute approximate surface area is 116 Å². The molecule has 20 heavy (non-hydrogen) atoms. The number of carbonyl (C=O) groups is 1.